The van der Waals surface area contributed by atoms with Crippen molar-refractivity contribution in [1.82, 2.24) is 4.90 Å². The summed E-state index contributed by atoms with van der Waals surface area (Å²) in [6.45, 7) is 2.30. The Morgan fingerprint density at radius 2 is 2.05 bits per heavy atom. The van der Waals surface area contributed by atoms with E-state index in [-0.39, 0.29) is 24.5 Å². The SMILES string of the molecule is Cc1ccc(CN(C)C(=O)CCC(=O)c2cccs2)o1. The van der Waals surface area contributed by atoms with Crippen molar-refractivity contribution in [3.05, 3.63) is 46.0 Å². The number of ketones is 1. The number of aryl methyl sites for hydroxylation is 1. The Bertz CT molecular complexity index is 586. The van der Waals surface area contributed by atoms with E-state index in [1.807, 2.05) is 30.5 Å². The van der Waals surface area contributed by atoms with E-state index in [0.717, 1.165) is 11.5 Å². The van der Waals surface area contributed by atoms with Crippen LogP contribution in [0.2, 0.25) is 0 Å². The highest BCUT2D eigenvalue weighted by molar-refractivity contribution is 7.12. The van der Waals surface area contributed by atoms with Crippen LogP contribution in [0.3, 0.4) is 0 Å². The van der Waals surface area contributed by atoms with E-state index in [9.17, 15) is 9.59 Å². The van der Waals surface area contributed by atoms with Gasteiger partial charge in [-0.1, -0.05) is 6.07 Å². The lowest BCUT2D eigenvalue weighted by Gasteiger charge is -2.15. The summed E-state index contributed by atoms with van der Waals surface area (Å²) in [6, 6.07) is 7.35. The number of carbonyl (C=O) groups excluding carboxylic acids is 2. The van der Waals surface area contributed by atoms with Crippen LogP contribution in [-0.2, 0) is 11.3 Å². The molecule has 0 spiro atoms. The van der Waals surface area contributed by atoms with Crippen LogP contribution in [0, 0.1) is 6.92 Å². The minimum atomic E-state index is -0.0519. The van der Waals surface area contributed by atoms with Crippen LogP contribution in [0.25, 0.3) is 0 Å². The molecule has 0 aliphatic carbocycles. The smallest absolute Gasteiger partial charge is 0.223 e. The van der Waals surface area contributed by atoms with Crippen LogP contribution in [-0.4, -0.2) is 23.6 Å². The van der Waals surface area contributed by atoms with Gasteiger partial charge in [-0.15, -0.1) is 11.3 Å². The van der Waals surface area contributed by atoms with E-state index >= 15 is 0 Å². The minimum absolute atomic E-state index is 0.0237. The van der Waals surface area contributed by atoms with E-state index in [0.29, 0.717) is 11.4 Å². The maximum absolute atomic E-state index is 12.0. The maximum atomic E-state index is 12.0. The van der Waals surface area contributed by atoms with Gasteiger partial charge in [-0.3, -0.25) is 9.59 Å². The van der Waals surface area contributed by atoms with Crippen molar-refractivity contribution in [3.63, 3.8) is 0 Å². The van der Waals surface area contributed by atoms with Gasteiger partial charge >= 0.3 is 0 Å². The van der Waals surface area contributed by atoms with Crippen LogP contribution in [0.1, 0.15) is 34.0 Å². The molecule has 2 aromatic heterocycles. The minimum Gasteiger partial charge on any atom is -0.464 e. The van der Waals surface area contributed by atoms with E-state index in [2.05, 4.69) is 0 Å². The molecule has 2 rings (SSSR count). The van der Waals surface area contributed by atoms with E-state index in [4.69, 9.17) is 4.42 Å². The van der Waals surface area contributed by atoms with Crippen molar-refractivity contribution in [1.29, 1.82) is 0 Å². The number of thiophene rings is 1. The number of rotatable bonds is 6. The zero-order valence-electron chi connectivity index (χ0n) is 11.6. The van der Waals surface area contributed by atoms with Gasteiger partial charge in [0.05, 0.1) is 11.4 Å². The van der Waals surface area contributed by atoms with Gasteiger partial charge in [0.1, 0.15) is 11.5 Å². The molecule has 2 aromatic rings. The number of hydrogen-bond donors (Lipinski definition) is 0. The van der Waals surface area contributed by atoms with Gasteiger partial charge in [0.15, 0.2) is 5.78 Å². The molecule has 0 saturated heterocycles. The van der Waals surface area contributed by atoms with Crippen molar-refractivity contribution >= 4 is 23.0 Å². The molecule has 5 heteroatoms. The predicted octanol–water partition coefficient (Wildman–Crippen LogP) is 3.27. The average molecular weight is 291 g/mol. The fraction of sp³-hybridized carbons (Fsp3) is 0.333. The topological polar surface area (TPSA) is 50.5 Å². The highest BCUT2D eigenvalue weighted by Crippen LogP contribution is 2.14. The largest absolute Gasteiger partial charge is 0.464 e. The first-order valence-corrected chi connectivity index (χ1v) is 7.30. The summed E-state index contributed by atoms with van der Waals surface area (Å²) in [7, 11) is 1.72. The third-order valence-electron chi connectivity index (χ3n) is 2.98. The molecule has 0 bridgehead atoms. The second kappa shape index (κ2) is 6.52. The van der Waals surface area contributed by atoms with Crippen molar-refractivity contribution in [2.24, 2.45) is 0 Å². The Balaban J connectivity index is 1.81. The molecule has 0 unspecified atom stereocenters. The van der Waals surface area contributed by atoms with Gasteiger partial charge in [0.25, 0.3) is 0 Å². The first-order valence-electron chi connectivity index (χ1n) is 6.42. The lowest BCUT2D eigenvalue weighted by molar-refractivity contribution is -0.130. The molecule has 0 radical (unpaired) electrons. The Hall–Kier alpha value is -1.88. The molecule has 0 fully saturated rings. The van der Waals surface area contributed by atoms with Crippen molar-refractivity contribution in [3.8, 4) is 0 Å². The van der Waals surface area contributed by atoms with Crippen LogP contribution in [0.4, 0.5) is 0 Å². The molecular formula is C15H17NO3S. The zero-order chi connectivity index (χ0) is 14.5. The number of nitrogens with zero attached hydrogens (tertiary/aromatic N) is 1. The molecular weight excluding hydrogens is 274 g/mol. The maximum Gasteiger partial charge on any atom is 0.223 e. The highest BCUT2D eigenvalue weighted by atomic mass is 32.1. The highest BCUT2D eigenvalue weighted by Gasteiger charge is 2.14. The summed E-state index contributed by atoms with van der Waals surface area (Å²) in [6.07, 6.45) is 0.480. The van der Waals surface area contributed by atoms with Crippen LogP contribution in [0.15, 0.2) is 34.1 Å². The second-order valence-electron chi connectivity index (χ2n) is 4.66. The normalized spacial score (nSPS) is 10.5. The average Bonchev–Trinajstić information content (AvgIpc) is 3.07. The molecule has 20 heavy (non-hydrogen) atoms. The lowest BCUT2D eigenvalue weighted by Crippen LogP contribution is -2.26. The number of hydrogen-bond acceptors (Lipinski definition) is 4. The molecule has 106 valence electrons. The van der Waals surface area contributed by atoms with Crippen molar-refractivity contribution in [2.45, 2.75) is 26.3 Å². The summed E-state index contributed by atoms with van der Waals surface area (Å²) in [5.74, 6) is 1.55. The van der Waals surface area contributed by atoms with Gasteiger partial charge in [0, 0.05) is 19.9 Å². The lowest BCUT2D eigenvalue weighted by atomic mass is 10.2. The fourth-order valence-corrected chi connectivity index (χ4v) is 2.56. The van der Waals surface area contributed by atoms with Crippen molar-refractivity contribution < 1.29 is 14.0 Å². The van der Waals surface area contributed by atoms with Crippen LogP contribution >= 0.6 is 11.3 Å². The monoisotopic (exact) mass is 291 g/mol. The molecule has 0 saturated carbocycles. The van der Waals surface area contributed by atoms with E-state index in [1.165, 1.54) is 11.3 Å². The van der Waals surface area contributed by atoms with Crippen LogP contribution < -0.4 is 0 Å². The summed E-state index contributed by atoms with van der Waals surface area (Å²) < 4.78 is 5.43. The number of furan rings is 1. The summed E-state index contributed by atoms with van der Waals surface area (Å²) in [4.78, 5) is 26.1. The second-order valence-corrected chi connectivity index (χ2v) is 5.61. The molecule has 0 aliphatic heterocycles. The first kappa shape index (κ1) is 14.5. The fourth-order valence-electron chi connectivity index (χ4n) is 1.86. The molecule has 1 amide bonds. The summed E-state index contributed by atoms with van der Waals surface area (Å²) in [5.41, 5.74) is 0. The molecule has 4 nitrogen and oxygen atoms in total. The summed E-state index contributed by atoms with van der Waals surface area (Å²) >= 11 is 1.41. The Morgan fingerprint density at radius 3 is 2.65 bits per heavy atom. The van der Waals surface area contributed by atoms with Gasteiger partial charge in [-0.2, -0.15) is 0 Å². The third-order valence-corrected chi connectivity index (χ3v) is 3.89. The third kappa shape index (κ3) is 3.81. The Labute approximate surface area is 122 Å². The first-order chi connectivity index (χ1) is 9.56. The molecule has 0 atom stereocenters. The quantitative estimate of drug-likeness (QED) is 0.767. The number of carbonyl (C=O) groups is 2. The van der Waals surface area contributed by atoms with E-state index in [1.54, 1.807) is 18.0 Å². The predicted molar refractivity (Wildman–Crippen MR) is 77.8 cm³/mol. The van der Waals surface area contributed by atoms with Gasteiger partial charge < -0.3 is 9.32 Å². The van der Waals surface area contributed by atoms with Crippen LogP contribution in [0.5, 0.6) is 0 Å². The zero-order valence-corrected chi connectivity index (χ0v) is 12.4. The number of amides is 1. The summed E-state index contributed by atoms with van der Waals surface area (Å²) in [5, 5.41) is 1.86. The van der Waals surface area contributed by atoms with Gasteiger partial charge in [-0.25, -0.2) is 0 Å². The Morgan fingerprint density at radius 1 is 1.25 bits per heavy atom. The molecule has 0 aromatic carbocycles. The van der Waals surface area contributed by atoms with Gasteiger partial charge in [0.2, 0.25) is 5.91 Å². The molecule has 2 heterocycles. The standard InChI is InChI=1S/C15H17NO3S/c1-11-5-6-12(19-11)10-16(2)15(18)8-7-13(17)14-4-3-9-20-14/h3-6,9H,7-8,10H2,1-2H3. The van der Waals surface area contributed by atoms with Crippen molar-refractivity contribution in [2.75, 3.05) is 7.05 Å². The number of Topliss-reactive ketones (excluding diaryl/α,β-unsaturated/α-hetero) is 1. The van der Waals surface area contributed by atoms with Gasteiger partial charge in [-0.05, 0) is 30.5 Å². The molecule has 0 aliphatic rings. The Kier molecular flexibility index (Phi) is 4.74. The van der Waals surface area contributed by atoms with E-state index < -0.39 is 0 Å². The molecule has 0 N–H and O–H groups in total.